The van der Waals surface area contributed by atoms with Gasteiger partial charge in [-0.25, -0.2) is 4.98 Å². The van der Waals surface area contributed by atoms with Gasteiger partial charge in [-0.15, -0.1) is 0 Å². The molecule has 2 aromatic rings. The van der Waals surface area contributed by atoms with E-state index < -0.39 is 5.91 Å². The molecule has 0 N–H and O–H groups in total. The van der Waals surface area contributed by atoms with Crippen molar-refractivity contribution < 1.29 is 9.59 Å². The van der Waals surface area contributed by atoms with Crippen molar-refractivity contribution in [1.29, 1.82) is 0 Å². The standard InChI is InChI=1S/C21H24N4O2/c1-15(2)16-6-7-18-17(13-16)20(26)21(27)25(18)14-23-9-11-24(12-10-23)19-5-3-4-8-22-19/h3-8,13,15H,9-12,14H2,1-2H3. The van der Waals surface area contributed by atoms with Gasteiger partial charge in [-0.05, 0) is 35.7 Å². The Morgan fingerprint density at radius 1 is 1.04 bits per heavy atom. The van der Waals surface area contributed by atoms with Crippen molar-refractivity contribution in [2.24, 2.45) is 0 Å². The minimum atomic E-state index is -0.418. The first kappa shape index (κ1) is 17.7. The number of aromatic nitrogens is 1. The number of amides is 1. The van der Waals surface area contributed by atoms with E-state index in [1.165, 1.54) is 0 Å². The van der Waals surface area contributed by atoms with E-state index >= 15 is 0 Å². The van der Waals surface area contributed by atoms with Crippen molar-refractivity contribution in [3.63, 3.8) is 0 Å². The summed E-state index contributed by atoms with van der Waals surface area (Å²) in [6.45, 7) is 7.98. The molecule has 0 bridgehead atoms. The number of benzene rings is 1. The number of ketones is 1. The third kappa shape index (κ3) is 3.32. The van der Waals surface area contributed by atoms with Crippen LogP contribution in [0.4, 0.5) is 11.5 Å². The number of pyridine rings is 1. The molecule has 1 saturated heterocycles. The monoisotopic (exact) mass is 364 g/mol. The number of hydrogen-bond acceptors (Lipinski definition) is 5. The predicted octanol–water partition coefficient (Wildman–Crippen LogP) is 2.51. The molecule has 1 fully saturated rings. The Morgan fingerprint density at radius 3 is 2.48 bits per heavy atom. The molecule has 1 amide bonds. The van der Waals surface area contributed by atoms with Gasteiger partial charge in [-0.1, -0.05) is 26.0 Å². The van der Waals surface area contributed by atoms with Crippen LogP contribution in [0, 0.1) is 0 Å². The number of fused-ring (bicyclic) bond motifs is 1. The Hall–Kier alpha value is -2.73. The second kappa shape index (κ2) is 7.12. The maximum atomic E-state index is 12.5. The zero-order valence-electron chi connectivity index (χ0n) is 15.8. The molecule has 6 nitrogen and oxygen atoms in total. The lowest BCUT2D eigenvalue weighted by Gasteiger charge is -2.37. The minimum absolute atomic E-state index is 0.326. The molecule has 27 heavy (non-hydrogen) atoms. The number of rotatable bonds is 4. The van der Waals surface area contributed by atoms with Crippen LogP contribution in [-0.4, -0.2) is 54.4 Å². The fourth-order valence-electron chi connectivity index (χ4n) is 3.68. The molecule has 4 rings (SSSR count). The zero-order chi connectivity index (χ0) is 19.0. The van der Waals surface area contributed by atoms with Crippen molar-refractivity contribution in [1.82, 2.24) is 9.88 Å². The number of nitrogens with zero attached hydrogens (tertiary/aromatic N) is 4. The Balaban J connectivity index is 1.45. The predicted molar refractivity (Wildman–Crippen MR) is 105 cm³/mol. The molecule has 6 heteroatoms. The molecule has 1 aromatic carbocycles. The van der Waals surface area contributed by atoms with Crippen LogP contribution in [0.15, 0.2) is 42.6 Å². The van der Waals surface area contributed by atoms with Gasteiger partial charge in [0, 0.05) is 32.4 Å². The molecule has 0 unspecified atom stereocenters. The number of anilines is 2. The molecule has 0 radical (unpaired) electrons. The first-order chi connectivity index (χ1) is 13.0. The molecule has 0 atom stereocenters. The molecule has 0 spiro atoms. The van der Waals surface area contributed by atoms with E-state index in [2.05, 4.69) is 28.6 Å². The first-order valence-corrected chi connectivity index (χ1v) is 9.43. The van der Waals surface area contributed by atoms with E-state index in [1.54, 1.807) is 11.1 Å². The van der Waals surface area contributed by atoms with Crippen LogP contribution in [0.2, 0.25) is 0 Å². The van der Waals surface area contributed by atoms with Crippen LogP contribution in [0.1, 0.15) is 35.7 Å². The van der Waals surface area contributed by atoms with E-state index in [9.17, 15) is 9.59 Å². The third-order valence-corrected chi connectivity index (χ3v) is 5.35. The summed E-state index contributed by atoms with van der Waals surface area (Å²) >= 11 is 0. The van der Waals surface area contributed by atoms with Gasteiger partial charge in [-0.2, -0.15) is 0 Å². The van der Waals surface area contributed by atoms with Gasteiger partial charge in [0.2, 0.25) is 0 Å². The maximum absolute atomic E-state index is 12.5. The van der Waals surface area contributed by atoms with Crippen LogP contribution >= 0.6 is 0 Å². The summed E-state index contributed by atoms with van der Waals surface area (Å²) in [5.74, 6) is 0.501. The fourth-order valence-corrected chi connectivity index (χ4v) is 3.68. The Bertz CT molecular complexity index is 858. The molecule has 3 heterocycles. The molecule has 0 aliphatic carbocycles. The van der Waals surface area contributed by atoms with Crippen molar-refractivity contribution in [3.05, 3.63) is 53.7 Å². The molecule has 140 valence electrons. The van der Waals surface area contributed by atoms with Crippen LogP contribution in [0.3, 0.4) is 0 Å². The van der Waals surface area contributed by atoms with Crippen molar-refractivity contribution in [3.8, 4) is 0 Å². The summed E-state index contributed by atoms with van der Waals surface area (Å²) < 4.78 is 0. The van der Waals surface area contributed by atoms with Gasteiger partial charge in [0.05, 0.1) is 17.9 Å². The molecule has 2 aliphatic rings. The van der Waals surface area contributed by atoms with Gasteiger partial charge in [0.1, 0.15) is 5.82 Å². The van der Waals surface area contributed by atoms with Gasteiger partial charge < -0.3 is 4.90 Å². The zero-order valence-corrected chi connectivity index (χ0v) is 15.8. The van der Waals surface area contributed by atoms with Gasteiger partial charge >= 0.3 is 5.91 Å². The quantitative estimate of drug-likeness (QED) is 0.781. The topological polar surface area (TPSA) is 56.8 Å². The average molecular weight is 364 g/mol. The maximum Gasteiger partial charge on any atom is 0.300 e. The summed E-state index contributed by atoms with van der Waals surface area (Å²) in [5, 5.41) is 0. The van der Waals surface area contributed by atoms with Crippen LogP contribution in [0.5, 0.6) is 0 Å². The van der Waals surface area contributed by atoms with E-state index in [0.717, 1.165) is 43.2 Å². The molecule has 2 aliphatic heterocycles. The second-order valence-electron chi connectivity index (χ2n) is 7.43. The van der Waals surface area contributed by atoms with E-state index in [-0.39, 0.29) is 5.78 Å². The number of carbonyl (C=O) groups excluding carboxylic acids is 2. The van der Waals surface area contributed by atoms with E-state index in [4.69, 9.17) is 0 Å². The normalized spacial score (nSPS) is 17.7. The average Bonchev–Trinajstić information content (AvgIpc) is 2.93. The lowest BCUT2D eigenvalue weighted by atomic mass is 9.99. The van der Waals surface area contributed by atoms with Crippen LogP contribution in [0.25, 0.3) is 0 Å². The highest BCUT2D eigenvalue weighted by Gasteiger charge is 2.37. The summed E-state index contributed by atoms with van der Waals surface area (Å²) in [6, 6.07) is 11.7. The van der Waals surface area contributed by atoms with Crippen LogP contribution in [-0.2, 0) is 4.79 Å². The van der Waals surface area contributed by atoms with Crippen molar-refractivity contribution in [2.75, 3.05) is 42.6 Å². The summed E-state index contributed by atoms with van der Waals surface area (Å²) in [6.07, 6.45) is 1.80. The van der Waals surface area contributed by atoms with Crippen LogP contribution < -0.4 is 9.80 Å². The molecule has 0 saturated carbocycles. The Labute approximate surface area is 159 Å². The molecular weight excluding hydrogens is 340 g/mol. The number of Topliss-reactive ketones (excluding diaryl/α,β-unsaturated/α-hetero) is 1. The molecule has 1 aromatic heterocycles. The molecular formula is C21H24N4O2. The van der Waals surface area contributed by atoms with Crippen molar-refractivity contribution in [2.45, 2.75) is 19.8 Å². The second-order valence-corrected chi connectivity index (χ2v) is 7.43. The lowest BCUT2D eigenvalue weighted by molar-refractivity contribution is -0.114. The van der Waals surface area contributed by atoms with E-state index in [0.29, 0.717) is 18.2 Å². The number of carbonyl (C=O) groups is 2. The number of hydrogen-bond donors (Lipinski definition) is 0. The minimum Gasteiger partial charge on any atom is -0.354 e. The van der Waals surface area contributed by atoms with Gasteiger partial charge in [0.15, 0.2) is 0 Å². The van der Waals surface area contributed by atoms with E-state index in [1.807, 2.05) is 36.4 Å². The van der Waals surface area contributed by atoms with Crippen molar-refractivity contribution >= 4 is 23.2 Å². The smallest absolute Gasteiger partial charge is 0.300 e. The largest absolute Gasteiger partial charge is 0.354 e. The summed E-state index contributed by atoms with van der Waals surface area (Å²) in [5.41, 5.74) is 2.36. The Kier molecular flexibility index (Phi) is 4.66. The first-order valence-electron chi connectivity index (χ1n) is 9.43. The highest BCUT2D eigenvalue weighted by molar-refractivity contribution is 6.52. The Morgan fingerprint density at radius 2 is 1.81 bits per heavy atom. The highest BCUT2D eigenvalue weighted by atomic mass is 16.2. The SMILES string of the molecule is CC(C)c1ccc2c(c1)C(=O)C(=O)N2CN1CCN(c2ccccn2)CC1. The number of piperazine rings is 1. The summed E-state index contributed by atoms with van der Waals surface area (Å²) in [7, 11) is 0. The van der Waals surface area contributed by atoms with Gasteiger partial charge in [0.25, 0.3) is 5.78 Å². The highest BCUT2D eigenvalue weighted by Crippen LogP contribution is 2.32. The third-order valence-electron chi connectivity index (χ3n) is 5.35. The fraction of sp³-hybridized carbons (Fsp3) is 0.381. The summed E-state index contributed by atoms with van der Waals surface area (Å²) in [4.78, 5) is 35.5. The van der Waals surface area contributed by atoms with Gasteiger partial charge in [-0.3, -0.25) is 19.4 Å². The lowest BCUT2D eigenvalue weighted by Crippen LogP contribution is -2.51.